The molecule has 3 rings (SSSR count). The van der Waals surface area contributed by atoms with E-state index in [0.29, 0.717) is 28.9 Å². The summed E-state index contributed by atoms with van der Waals surface area (Å²) < 4.78 is 38.7. The van der Waals surface area contributed by atoms with E-state index in [1.165, 1.54) is 17.1 Å². The summed E-state index contributed by atoms with van der Waals surface area (Å²) >= 11 is 0. The van der Waals surface area contributed by atoms with Gasteiger partial charge in [-0.25, -0.2) is 17.8 Å². The van der Waals surface area contributed by atoms with E-state index in [-0.39, 0.29) is 12.8 Å². The van der Waals surface area contributed by atoms with Crippen molar-refractivity contribution >= 4 is 33.3 Å². The zero-order valence-corrected chi connectivity index (χ0v) is 16.9. The van der Waals surface area contributed by atoms with E-state index < -0.39 is 33.8 Å². The standard InChI is InChI=1S/C20H20FN3O5S/c1-30(28,29)23-16-4-2-3-14(11-16)17-12-18(13-5-7-15(21)8-6-13)24(22-17)19(25)9-10-20(26)27/h2-8,11,18,23H,9-10,12H2,1H3,(H,26,27). The lowest BCUT2D eigenvalue weighted by molar-refractivity contribution is -0.141. The Labute approximate surface area is 173 Å². The third kappa shape index (κ3) is 5.41. The summed E-state index contributed by atoms with van der Waals surface area (Å²) in [5.41, 5.74) is 2.16. The molecule has 2 N–H and O–H groups in total. The molecule has 2 aromatic rings. The van der Waals surface area contributed by atoms with Gasteiger partial charge < -0.3 is 5.11 Å². The maximum atomic E-state index is 13.3. The highest BCUT2D eigenvalue weighted by atomic mass is 32.2. The van der Waals surface area contributed by atoms with Gasteiger partial charge in [-0.2, -0.15) is 5.10 Å². The third-order valence-electron chi connectivity index (χ3n) is 4.47. The van der Waals surface area contributed by atoms with Crippen LogP contribution in [0.2, 0.25) is 0 Å². The van der Waals surface area contributed by atoms with Crippen LogP contribution in [0.15, 0.2) is 53.6 Å². The number of carbonyl (C=O) groups excluding carboxylic acids is 1. The summed E-state index contributed by atoms with van der Waals surface area (Å²) in [6.07, 6.45) is 0.802. The minimum absolute atomic E-state index is 0.223. The number of hydrogen-bond donors (Lipinski definition) is 2. The third-order valence-corrected chi connectivity index (χ3v) is 5.08. The fourth-order valence-corrected chi connectivity index (χ4v) is 3.72. The van der Waals surface area contributed by atoms with Crippen LogP contribution in [-0.2, 0) is 19.6 Å². The number of anilines is 1. The first kappa shape index (κ1) is 21.4. The van der Waals surface area contributed by atoms with Gasteiger partial charge in [-0.3, -0.25) is 14.3 Å². The molecule has 30 heavy (non-hydrogen) atoms. The Balaban J connectivity index is 1.92. The van der Waals surface area contributed by atoms with Gasteiger partial charge in [0.1, 0.15) is 5.82 Å². The summed E-state index contributed by atoms with van der Waals surface area (Å²) in [4.78, 5) is 23.5. The molecular formula is C20H20FN3O5S. The molecule has 10 heteroatoms. The highest BCUT2D eigenvalue weighted by molar-refractivity contribution is 7.92. The molecule has 8 nitrogen and oxygen atoms in total. The molecule has 0 saturated carbocycles. The highest BCUT2D eigenvalue weighted by Gasteiger charge is 2.33. The molecule has 2 aromatic carbocycles. The second-order valence-corrected chi connectivity index (χ2v) is 8.65. The molecule has 1 heterocycles. The van der Waals surface area contributed by atoms with Gasteiger partial charge >= 0.3 is 5.97 Å². The number of carbonyl (C=O) groups is 2. The van der Waals surface area contributed by atoms with Crippen molar-refractivity contribution in [2.75, 3.05) is 11.0 Å². The zero-order chi connectivity index (χ0) is 21.9. The average Bonchev–Trinajstić information content (AvgIpc) is 3.11. The fraction of sp³-hybridized carbons (Fsp3) is 0.250. The molecule has 1 aliphatic rings. The van der Waals surface area contributed by atoms with Gasteiger partial charge in [0, 0.05) is 18.5 Å². The number of nitrogens with zero attached hydrogens (tertiary/aromatic N) is 2. The Morgan fingerprint density at radius 2 is 1.90 bits per heavy atom. The van der Waals surface area contributed by atoms with E-state index in [1.54, 1.807) is 36.4 Å². The molecule has 0 saturated heterocycles. The molecule has 158 valence electrons. The van der Waals surface area contributed by atoms with Crippen molar-refractivity contribution < 1.29 is 27.5 Å². The number of nitrogens with one attached hydrogen (secondary N) is 1. The number of carboxylic acid groups (broad SMARTS) is 1. The Morgan fingerprint density at radius 3 is 2.53 bits per heavy atom. The summed E-state index contributed by atoms with van der Waals surface area (Å²) in [7, 11) is -3.46. The van der Waals surface area contributed by atoms with E-state index in [0.717, 1.165) is 6.26 Å². The number of benzene rings is 2. The molecule has 1 unspecified atom stereocenters. The molecular weight excluding hydrogens is 413 g/mol. The number of rotatable bonds is 7. The minimum atomic E-state index is -3.46. The SMILES string of the molecule is CS(=O)(=O)Nc1cccc(C2=NN(C(=O)CCC(=O)O)C(c3ccc(F)cc3)C2)c1. The molecule has 0 aliphatic carbocycles. The summed E-state index contributed by atoms with van der Waals surface area (Å²) in [6.45, 7) is 0. The molecule has 0 fully saturated rings. The first-order chi connectivity index (χ1) is 14.1. The zero-order valence-electron chi connectivity index (χ0n) is 16.1. The topological polar surface area (TPSA) is 116 Å². The number of amides is 1. The van der Waals surface area contributed by atoms with Crippen molar-refractivity contribution in [3.8, 4) is 0 Å². The van der Waals surface area contributed by atoms with E-state index in [9.17, 15) is 22.4 Å². The second-order valence-electron chi connectivity index (χ2n) is 6.91. The first-order valence-electron chi connectivity index (χ1n) is 9.07. The van der Waals surface area contributed by atoms with Gasteiger partial charge in [0.05, 0.1) is 24.4 Å². The summed E-state index contributed by atoms with van der Waals surface area (Å²) in [5, 5.41) is 14.5. The van der Waals surface area contributed by atoms with Crippen molar-refractivity contribution in [2.24, 2.45) is 5.10 Å². The van der Waals surface area contributed by atoms with E-state index in [4.69, 9.17) is 5.11 Å². The van der Waals surface area contributed by atoms with Crippen LogP contribution in [0.3, 0.4) is 0 Å². The molecule has 1 atom stereocenters. The fourth-order valence-electron chi connectivity index (χ4n) is 3.16. The number of carboxylic acids is 1. The lowest BCUT2D eigenvalue weighted by Gasteiger charge is -2.21. The van der Waals surface area contributed by atoms with Crippen LogP contribution >= 0.6 is 0 Å². The van der Waals surface area contributed by atoms with Gasteiger partial charge in [-0.1, -0.05) is 24.3 Å². The summed E-state index contributed by atoms with van der Waals surface area (Å²) in [6, 6.07) is 11.7. The predicted molar refractivity (Wildman–Crippen MR) is 109 cm³/mol. The number of aliphatic carboxylic acids is 1. The Kier molecular flexibility index (Phi) is 6.16. The maximum absolute atomic E-state index is 13.3. The van der Waals surface area contributed by atoms with E-state index in [1.807, 2.05) is 0 Å². The molecule has 0 radical (unpaired) electrons. The van der Waals surface area contributed by atoms with Gasteiger partial charge in [0.2, 0.25) is 15.9 Å². The van der Waals surface area contributed by atoms with Crippen molar-refractivity contribution in [1.29, 1.82) is 0 Å². The van der Waals surface area contributed by atoms with Crippen molar-refractivity contribution in [3.05, 3.63) is 65.5 Å². The maximum Gasteiger partial charge on any atom is 0.303 e. The molecule has 1 aliphatic heterocycles. The highest BCUT2D eigenvalue weighted by Crippen LogP contribution is 2.34. The van der Waals surface area contributed by atoms with Crippen molar-refractivity contribution in [1.82, 2.24) is 5.01 Å². The monoisotopic (exact) mass is 433 g/mol. The Hall–Kier alpha value is -3.27. The second kappa shape index (κ2) is 8.62. The first-order valence-corrected chi connectivity index (χ1v) is 11.0. The average molecular weight is 433 g/mol. The van der Waals surface area contributed by atoms with Crippen LogP contribution in [-0.4, -0.2) is 42.4 Å². The van der Waals surface area contributed by atoms with E-state index in [2.05, 4.69) is 9.82 Å². The quantitative estimate of drug-likeness (QED) is 0.697. The van der Waals surface area contributed by atoms with Gasteiger partial charge in [-0.05, 0) is 35.4 Å². The van der Waals surface area contributed by atoms with E-state index >= 15 is 0 Å². The number of hydrogen-bond acceptors (Lipinski definition) is 5. The number of halogens is 1. The normalized spacial score (nSPS) is 16.3. The van der Waals surface area contributed by atoms with Crippen LogP contribution in [0.1, 0.15) is 36.4 Å². The van der Waals surface area contributed by atoms with Crippen LogP contribution in [0, 0.1) is 5.82 Å². The summed E-state index contributed by atoms with van der Waals surface area (Å²) in [5.74, 6) is -1.97. The van der Waals surface area contributed by atoms with Crippen LogP contribution in [0.5, 0.6) is 0 Å². The van der Waals surface area contributed by atoms with Gasteiger partial charge in [0.25, 0.3) is 0 Å². The lowest BCUT2D eigenvalue weighted by Crippen LogP contribution is -2.27. The predicted octanol–water partition coefficient (Wildman–Crippen LogP) is 2.74. The number of hydrazone groups is 1. The number of sulfonamides is 1. The Morgan fingerprint density at radius 1 is 1.20 bits per heavy atom. The molecule has 0 aromatic heterocycles. The van der Waals surface area contributed by atoms with Gasteiger partial charge in [-0.15, -0.1) is 0 Å². The Bertz CT molecular complexity index is 1100. The molecule has 0 bridgehead atoms. The molecule has 1 amide bonds. The lowest BCUT2D eigenvalue weighted by atomic mass is 9.98. The smallest absolute Gasteiger partial charge is 0.303 e. The molecule has 0 spiro atoms. The van der Waals surface area contributed by atoms with Gasteiger partial charge in [0.15, 0.2) is 0 Å². The minimum Gasteiger partial charge on any atom is -0.481 e. The van der Waals surface area contributed by atoms with Crippen molar-refractivity contribution in [2.45, 2.75) is 25.3 Å². The largest absolute Gasteiger partial charge is 0.481 e. The van der Waals surface area contributed by atoms with Crippen molar-refractivity contribution in [3.63, 3.8) is 0 Å². The van der Waals surface area contributed by atoms with Crippen LogP contribution in [0.4, 0.5) is 10.1 Å². The van der Waals surface area contributed by atoms with Crippen LogP contribution in [0.25, 0.3) is 0 Å². The van der Waals surface area contributed by atoms with Crippen LogP contribution < -0.4 is 4.72 Å².